The highest BCUT2D eigenvalue weighted by Crippen LogP contribution is 2.26. The van der Waals surface area contributed by atoms with Crippen LogP contribution < -0.4 is 0 Å². The van der Waals surface area contributed by atoms with Gasteiger partial charge in [0, 0.05) is 12.8 Å². The molecule has 0 aliphatic rings. The summed E-state index contributed by atoms with van der Waals surface area (Å²) in [7, 11) is 0. The number of halogens is 1. The molecule has 104 valence electrons. The van der Waals surface area contributed by atoms with E-state index in [0.717, 1.165) is 16.9 Å². The van der Waals surface area contributed by atoms with Gasteiger partial charge in [0.15, 0.2) is 0 Å². The van der Waals surface area contributed by atoms with Crippen LogP contribution in [0.4, 0.5) is 0 Å². The fourth-order valence-corrected chi connectivity index (χ4v) is 2.45. The van der Waals surface area contributed by atoms with E-state index in [2.05, 4.69) is 28.4 Å². The van der Waals surface area contributed by atoms with Crippen LogP contribution in [0.15, 0.2) is 18.5 Å². The third-order valence-electron chi connectivity index (χ3n) is 3.01. The predicted molar refractivity (Wildman–Crippen MR) is 77.5 cm³/mol. The van der Waals surface area contributed by atoms with Crippen molar-refractivity contribution in [2.24, 2.45) is 0 Å². The summed E-state index contributed by atoms with van der Waals surface area (Å²) < 4.78 is 7.91. The molecular formula is C14H20ClN3O. The average molecular weight is 282 g/mol. The zero-order valence-electron chi connectivity index (χ0n) is 11.9. The summed E-state index contributed by atoms with van der Waals surface area (Å²) in [5.41, 5.74) is 1.66. The second-order valence-electron chi connectivity index (χ2n) is 5.23. The van der Waals surface area contributed by atoms with Crippen LogP contribution >= 0.6 is 11.6 Å². The van der Waals surface area contributed by atoms with Crippen LogP contribution in [-0.2, 0) is 11.3 Å². The Kier molecular flexibility index (Phi) is 4.11. The molecule has 4 nitrogen and oxygen atoms in total. The number of ether oxygens (including phenoxy) is 1. The maximum absolute atomic E-state index is 6.24. The Balaban J connectivity index is 2.47. The highest BCUT2D eigenvalue weighted by molar-refractivity contribution is 6.20. The Labute approximate surface area is 118 Å². The zero-order valence-corrected chi connectivity index (χ0v) is 12.6. The number of rotatable bonds is 5. The molecule has 0 aliphatic carbocycles. The maximum Gasteiger partial charge on any atom is 0.127 e. The number of alkyl halides is 1. The first-order valence-electron chi connectivity index (χ1n) is 6.53. The number of nitrogens with zero attached hydrogens (tertiary/aromatic N) is 3. The molecule has 5 heteroatoms. The molecule has 0 bridgehead atoms. The smallest absolute Gasteiger partial charge is 0.127 e. The molecule has 2 aromatic heterocycles. The lowest BCUT2D eigenvalue weighted by molar-refractivity contribution is -0.0221. The molecule has 0 aromatic carbocycles. The summed E-state index contributed by atoms with van der Waals surface area (Å²) in [6.07, 6.45) is 3.54. The summed E-state index contributed by atoms with van der Waals surface area (Å²) in [5.74, 6) is 0.859. The van der Waals surface area contributed by atoms with E-state index in [0.29, 0.717) is 13.2 Å². The van der Waals surface area contributed by atoms with Gasteiger partial charge < -0.3 is 9.30 Å². The van der Waals surface area contributed by atoms with E-state index in [1.54, 1.807) is 12.4 Å². The lowest BCUT2D eigenvalue weighted by atomic mass is 10.1. The second-order valence-corrected chi connectivity index (χ2v) is 5.88. The number of hydrogen-bond acceptors (Lipinski definition) is 3. The molecule has 2 rings (SSSR count). The van der Waals surface area contributed by atoms with E-state index in [4.69, 9.17) is 16.3 Å². The molecule has 0 fully saturated rings. The molecule has 0 radical (unpaired) electrons. The monoisotopic (exact) mass is 281 g/mol. The molecule has 0 saturated heterocycles. The van der Waals surface area contributed by atoms with Crippen LogP contribution in [0.25, 0.3) is 11.0 Å². The van der Waals surface area contributed by atoms with E-state index < -0.39 is 0 Å². The summed E-state index contributed by atoms with van der Waals surface area (Å²) in [5, 5.41) is -0.148. The topological polar surface area (TPSA) is 39.9 Å². The van der Waals surface area contributed by atoms with Crippen LogP contribution in [0.3, 0.4) is 0 Å². The van der Waals surface area contributed by atoms with Crippen LogP contribution in [-0.4, -0.2) is 26.7 Å². The van der Waals surface area contributed by atoms with Gasteiger partial charge in [-0.15, -0.1) is 11.6 Å². The number of fused-ring (bicyclic) bond motifs is 1. The Hall–Kier alpha value is -1.13. The van der Waals surface area contributed by atoms with Gasteiger partial charge in [-0.2, -0.15) is 0 Å². The van der Waals surface area contributed by atoms with E-state index in [1.807, 2.05) is 19.9 Å². The molecule has 1 unspecified atom stereocenters. The molecular weight excluding hydrogens is 262 g/mol. The Morgan fingerprint density at radius 1 is 1.47 bits per heavy atom. The SMILES string of the molecule is CCOC(C)(C)Cn1c(C(C)Cl)nc2cnccc21. The Morgan fingerprint density at radius 2 is 2.21 bits per heavy atom. The summed E-state index contributed by atoms with van der Waals surface area (Å²) >= 11 is 6.24. The highest BCUT2D eigenvalue weighted by Gasteiger charge is 2.23. The average Bonchev–Trinajstić information content (AvgIpc) is 2.68. The molecule has 0 N–H and O–H groups in total. The minimum atomic E-state index is -0.258. The quantitative estimate of drug-likeness (QED) is 0.787. The van der Waals surface area contributed by atoms with Crippen molar-refractivity contribution in [2.45, 2.75) is 45.2 Å². The zero-order chi connectivity index (χ0) is 14.0. The molecule has 0 spiro atoms. The van der Waals surface area contributed by atoms with Gasteiger partial charge in [0.25, 0.3) is 0 Å². The number of aromatic nitrogens is 3. The first-order valence-corrected chi connectivity index (χ1v) is 6.96. The minimum absolute atomic E-state index is 0.148. The van der Waals surface area contributed by atoms with E-state index in [9.17, 15) is 0 Å². The normalized spacial score (nSPS) is 13.9. The van der Waals surface area contributed by atoms with Crippen LogP contribution in [0, 0.1) is 0 Å². The van der Waals surface area contributed by atoms with Crippen LogP contribution in [0.1, 0.15) is 38.9 Å². The predicted octanol–water partition coefficient (Wildman–Crippen LogP) is 3.55. The van der Waals surface area contributed by atoms with Crippen molar-refractivity contribution in [2.75, 3.05) is 6.61 Å². The minimum Gasteiger partial charge on any atom is -0.374 e. The van der Waals surface area contributed by atoms with Gasteiger partial charge in [0.2, 0.25) is 0 Å². The largest absolute Gasteiger partial charge is 0.374 e. The van der Waals surface area contributed by atoms with E-state index >= 15 is 0 Å². The van der Waals surface area contributed by atoms with Gasteiger partial charge in [0.05, 0.1) is 29.2 Å². The van der Waals surface area contributed by atoms with Crippen LogP contribution in [0.5, 0.6) is 0 Å². The number of hydrogen-bond donors (Lipinski definition) is 0. The third-order valence-corrected chi connectivity index (χ3v) is 3.21. The highest BCUT2D eigenvalue weighted by atomic mass is 35.5. The lowest BCUT2D eigenvalue weighted by Crippen LogP contribution is -2.31. The molecule has 0 aliphatic heterocycles. The molecule has 1 atom stereocenters. The van der Waals surface area contributed by atoms with Crippen molar-refractivity contribution in [3.05, 3.63) is 24.3 Å². The molecule has 2 aromatic rings. The van der Waals surface area contributed by atoms with Crippen molar-refractivity contribution in [3.8, 4) is 0 Å². The number of imidazole rings is 1. The van der Waals surface area contributed by atoms with Crippen molar-refractivity contribution in [1.29, 1.82) is 0 Å². The molecule has 0 amide bonds. The summed E-state index contributed by atoms with van der Waals surface area (Å²) in [4.78, 5) is 8.68. The fourth-order valence-electron chi connectivity index (χ4n) is 2.29. The summed E-state index contributed by atoms with van der Waals surface area (Å²) in [6, 6.07) is 1.97. The standard InChI is InChI=1S/C14H20ClN3O/c1-5-19-14(3,4)9-18-12-6-7-16-8-11(12)17-13(18)10(2)15/h6-8,10H,5,9H2,1-4H3. The Bertz CT molecular complexity index is 563. The van der Waals surface area contributed by atoms with Crippen LogP contribution in [0.2, 0.25) is 0 Å². The first-order chi connectivity index (χ1) is 8.94. The van der Waals surface area contributed by atoms with Crippen molar-refractivity contribution in [1.82, 2.24) is 14.5 Å². The lowest BCUT2D eigenvalue weighted by Gasteiger charge is -2.26. The van der Waals surface area contributed by atoms with Gasteiger partial charge in [-0.3, -0.25) is 4.98 Å². The van der Waals surface area contributed by atoms with Gasteiger partial charge in [-0.1, -0.05) is 0 Å². The van der Waals surface area contributed by atoms with Crippen molar-refractivity contribution < 1.29 is 4.74 Å². The molecule has 19 heavy (non-hydrogen) atoms. The third kappa shape index (κ3) is 3.07. The van der Waals surface area contributed by atoms with E-state index in [1.165, 1.54) is 0 Å². The molecule has 0 saturated carbocycles. The van der Waals surface area contributed by atoms with Crippen molar-refractivity contribution >= 4 is 22.6 Å². The van der Waals surface area contributed by atoms with Gasteiger partial charge >= 0.3 is 0 Å². The fraction of sp³-hybridized carbons (Fsp3) is 0.571. The second kappa shape index (κ2) is 5.47. The van der Waals surface area contributed by atoms with Gasteiger partial charge in [-0.25, -0.2) is 4.98 Å². The molecule has 2 heterocycles. The van der Waals surface area contributed by atoms with Gasteiger partial charge in [-0.05, 0) is 33.8 Å². The van der Waals surface area contributed by atoms with E-state index in [-0.39, 0.29) is 11.0 Å². The Morgan fingerprint density at radius 3 is 2.84 bits per heavy atom. The maximum atomic E-state index is 6.24. The summed E-state index contributed by atoms with van der Waals surface area (Å²) in [6.45, 7) is 9.49. The van der Waals surface area contributed by atoms with Crippen molar-refractivity contribution in [3.63, 3.8) is 0 Å². The number of pyridine rings is 1. The first kappa shape index (κ1) is 14.3. The van der Waals surface area contributed by atoms with Gasteiger partial charge in [0.1, 0.15) is 11.3 Å².